The summed E-state index contributed by atoms with van der Waals surface area (Å²) >= 11 is 0. The zero-order chi connectivity index (χ0) is 27.9. The Hall–Kier alpha value is -3.80. The standard InChI is InChI=1S/C27H35N9O2S/c1-6-19-21(22(16-8-9-16)34-27(28)33-19)23-31-14-20-25(35-23)36(15(3)4)26(37)24(32-20)30-12-17-10-11-18(13-29-17)39(5,38)7-2/h10-11,13-16,39H,6-9,12H2,1-5H3,(H,30,32)(H2,28,33,34). The van der Waals surface area contributed by atoms with Gasteiger partial charge in [-0.25, -0.2) is 24.9 Å². The van der Waals surface area contributed by atoms with E-state index >= 15 is 0 Å². The summed E-state index contributed by atoms with van der Waals surface area (Å²) in [5.74, 6) is 1.83. The van der Waals surface area contributed by atoms with Gasteiger partial charge in [-0.15, -0.1) is 0 Å². The summed E-state index contributed by atoms with van der Waals surface area (Å²) in [5, 5.41) is 3.13. The van der Waals surface area contributed by atoms with Gasteiger partial charge in [0, 0.05) is 28.8 Å². The van der Waals surface area contributed by atoms with Crippen LogP contribution in [0.3, 0.4) is 0 Å². The zero-order valence-electron chi connectivity index (χ0n) is 23.0. The summed E-state index contributed by atoms with van der Waals surface area (Å²) in [7, 11) is -2.39. The van der Waals surface area contributed by atoms with Crippen LogP contribution in [0.25, 0.3) is 22.6 Å². The number of aryl methyl sites for hydroxylation is 1. The maximum atomic E-state index is 13.5. The van der Waals surface area contributed by atoms with Gasteiger partial charge >= 0.3 is 0 Å². The monoisotopic (exact) mass is 549 g/mol. The first-order chi connectivity index (χ1) is 18.6. The van der Waals surface area contributed by atoms with Gasteiger partial charge in [0.15, 0.2) is 17.3 Å². The average Bonchev–Trinajstić information content (AvgIpc) is 3.77. The fraction of sp³-hybridized carbons (Fsp3) is 0.444. The lowest BCUT2D eigenvalue weighted by atomic mass is 10.1. The number of nitrogens with two attached hydrogens (primary N) is 1. The number of hydrogen-bond acceptors (Lipinski definition) is 10. The van der Waals surface area contributed by atoms with E-state index in [1.54, 1.807) is 23.2 Å². The second kappa shape index (κ2) is 10.4. The number of pyridine rings is 1. The van der Waals surface area contributed by atoms with Gasteiger partial charge in [0.25, 0.3) is 5.56 Å². The molecule has 206 valence electrons. The van der Waals surface area contributed by atoms with E-state index < -0.39 is 9.93 Å². The maximum absolute atomic E-state index is 13.5. The van der Waals surface area contributed by atoms with E-state index in [-0.39, 0.29) is 23.4 Å². The molecule has 12 heteroatoms. The molecule has 1 fully saturated rings. The van der Waals surface area contributed by atoms with Crippen LogP contribution in [0, 0.1) is 0 Å². The van der Waals surface area contributed by atoms with Gasteiger partial charge in [-0.2, -0.15) is 0 Å². The molecule has 4 aromatic rings. The van der Waals surface area contributed by atoms with E-state index in [0.717, 1.165) is 34.7 Å². The quantitative estimate of drug-likeness (QED) is 0.265. The van der Waals surface area contributed by atoms with Crippen molar-refractivity contribution in [2.45, 2.75) is 70.4 Å². The van der Waals surface area contributed by atoms with Crippen molar-refractivity contribution in [2.24, 2.45) is 0 Å². The number of fused-ring (bicyclic) bond motifs is 1. The maximum Gasteiger partial charge on any atom is 0.295 e. The van der Waals surface area contributed by atoms with Gasteiger partial charge in [0.05, 0.1) is 35.4 Å². The molecule has 0 bridgehead atoms. The van der Waals surface area contributed by atoms with E-state index in [9.17, 15) is 9.00 Å². The van der Waals surface area contributed by atoms with Crippen LogP contribution >= 0.6 is 0 Å². The van der Waals surface area contributed by atoms with Gasteiger partial charge in [-0.05, 0) is 51.5 Å². The number of aromatic nitrogens is 7. The third-order valence-electron chi connectivity index (χ3n) is 7.10. The Morgan fingerprint density at radius 1 is 1.10 bits per heavy atom. The molecular formula is C27H35N9O2S. The minimum Gasteiger partial charge on any atom is -0.368 e. The second-order valence-electron chi connectivity index (χ2n) is 10.3. The summed E-state index contributed by atoms with van der Waals surface area (Å²) < 4.78 is 14.3. The zero-order valence-corrected chi connectivity index (χ0v) is 23.9. The third-order valence-corrected chi connectivity index (χ3v) is 9.66. The Kier molecular flexibility index (Phi) is 7.15. The molecule has 4 aromatic heterocycles. The van der Waals surface area contributed by atoms with Crippen molar-refractivity contribution in [1.29, 1.82) is 0 Å². The van der Waals surface area contributed by atoms with E-state index in [0.29, 0.717) is 47.3 Å². The lowest BCUT2D eigenvalue weighted by molar-refractivity contribution is 0.593. The highest BCUT2D eigenvalue weighted by atomic mass is 32.2. The first-order valence-electron chi connectivity index (χ1n) is 13.3. The number of nitrogen functional groups attached to an aromatic ring is 1. The molecule has 1 aliphatic carbocycles. The molecule has 0 amide bonds. The fourth-order valence-electron chi connectivity index (χ4n) is 4.57. The molecule has 0 unspecified atom stereocenters. The van der Waals surface area contributed by atoms with Crippen molar-refractivity contribution in [1.82, 2.24) is 34.5 Å². The highest BCUT2D eigenvalue weighted by Gasteiger charge is 2.31. The molecule has 0 saturated heterocycles. The van der Waals surface area contributed by atoms with Crippen molar-refractivity contribution in [3.63, 3.8) is 0 Å². The van der Waals surface area contributed by atoms with Crippen LogP contribution < -0.4 is 16.6 Å². The van der Waals surface area contributed by atoms with Gasteiger partial charge in [-0.3, -0.25) is 18.6 Å². The molecule has 0 radical (unpaired) electrons. The molecule has 4 heterocycles. The molecule has 1 saturated carbocycles. The van der Waals surface area contributed by atoms with Crippen LogP contribution in [-0.2, 0) is 22.9 Å². The predicted octanol–water partition coefficient (Wildman–Crippen LogP) is 3.28. The van der Waals surface area contributed by atoms with E-state index in [4.69, 9.17) is 10.7 Å². The molecule has 0 spiro atoms. The summed E-state index contributed by atoms with van der Waals surface area (Å²) in [6.07, 6.45) is 7.80. The second-order valence-corrected chi connectivity index (χ2v) is 13.7. The van der Waals surface area contributed by atoms with Crippen LogP contribution in [0.2, 0.25) is 0 Å². The highest BCUT2D eigenvalue weighted by Crippen LogP contribution is 2.44. The molecule has 5 rings (SSSR count). The van der Waals surface area contributed by atoms with Crippen molar-refractivity contribution < 1.29 is 4.21 Å². The number of hydrogen-bond donors (Lipinski definition) is 3. The molecular weight excluding hydrogens is 514 g/mol. The van der Waals surface area contributed by atoms with Gasteiger partial charge < -0.3 is 11.1 Å². The van der Waals surface area contributed by atoms with Crippen molar-refractivity contribution >= 4 is 32.9 Å². The van der Waals surface area contributed by atoms with E-state index in [2.05, 4.69) is 30.2 Å². The topological polar surface area (TPSA) is 154 Å². The largest absolute Gasteiger partial charge is 0.368 e. The Labute approximate surface area is 228 Å². The van der Waals surface area contributed by atoms with Crippen LogP contribution in [0.4, 0.5) is 11.8 Å². The number of rotatable bonds is 9. The number of nitrogens with one attached hydrogen (secondary N) is 1. The summed E-state index contributed by atoms with van der Waals surface area (Å²) in [4.78, 5) is 41.8. The Bertz CT molecular complexity index is 1650. The molecule has 0 atom stereocenters. The molecule has 1 aliphatic rings. The summed E-state index contributed by atoms with van der Waals surface area (Å²) in [6, 6.07) is 3.49. The number of anilines is 2. The minimum atomic E-state index is -2.39. The highest BCUT2D eigenvalue weighted by molar-refractivity contribution is 8.02. The lowest BCUT2D eigenvalue weighted by Gasteiger charge is -2.17. The van der Waals surface area contributed by atoms with Gasteiger partial charge in [0.2, 0.25) is 5.95 Å². The Morgan fingerprint density at radius 3 is 2.49 bits per heavy atom. The van der Waals surface area contributed by atoms with Crippen LogP contribution in [0.5, 0.6) is 0 Å². The van der Waals surface area contributed by atoms with Crippen molar-refractivity contribution in [3.05, 3.63) is 52.0 Å². The van der Waals surface area contributed by atoms with Crippen LogP contribution in [0.15, 0.2) is 34.2 Å². The normalized spacial score (nSPS) is 14.2. The SMILES string of the molecule is CCc1nc(N)nc(C2CC2)c1-c1ncc2nc(NCc3ccc([SH](C)(=O)CC)cn3)c(=O)n(C(C)C)c2n1. The summed E-state index contributed by atoms with van der Waals surface area (Å²) in [6.45, 7) is 8.08. The van der Waals surface area contributed by atoms with Crippen molar-refractivity contribution in [2.75, 3.05) is 23.1 Å². The molecule has 11 nitrogen and oxygen atoms in total. The van der Waals surface area contributed by atoms with Gasteiger partial charge in [0.1, 0.15) is 5.52 Å². The van der Waals surface area contributed by atoms with E-state index in [1.807, 2.05) is 39.8 Å². The number of nitrogens with zero attached hydrogens (tertiary/aromatic N) is 7. The molecule has 0 aromatic carbocycles. The molecule has 3 N–H and O–H groups in total. The fourth-order valence-corrected chi connectivity index (χ4v) is 5.63. The first kappa shape index (κ1) is 26.8. The van der Waals surface area contributed by atoms with Gasteiger partial charge in [-0.1, -0.05) is 23.8 Å². The lowest BCUT2D eigenvalue weighted by Crippen LogP contribution is -2.27. The van der Waals surface area contributed by atoms with Crippen molar-refractivity contribution in [3.8, 4) is 11.4 Å². The summed E-state index contributed by atoms with van der Waals surface area (Å²) in [5.41, 5.74) is 9.85. The van der Waals surface area contributed by atoms with E-state index in [1.165, 1.54) is 0 Å². The third kappa shape index (κ3) is 5.25. The molecule has 0 aliphatic heterocycles. The predicted molar refractivity (Wildman–Crippen MR) is 155 cm³/mol. The Balaban J connectivity index is 1.53. The van der Waals surface area contributed by atoms with Crippen LogP contribution in [-0.4, -0.2) is 50.7 Å². The first-order valence-corrected chi connectivity index (χ1v) is 15.7. The van der Waals surface area contributed by atoms with Crippen LogP contribution in [0.1, 0.15) is 69.6 Å². The minimum absolute atomic E-state index is 0.173. The Morgan fingerprint density at radius 2 is 1.87 bits per heavy atom. The molecule has 39 heavy (non-hydrogen) atoms. The smallest absolute Gasteiger partial charge is 0.295 e. The average molecular weight is 550 g/mol. The number of thiol groups is 1.